The summed E-state index contributed by atoms with van der Waals surface area (Å²) in [6.45, 7) is 3.10. The lowest BCUT2D eigenvalue weighted by Crippen LogP contribution is -2.20. The average molecular weight is 273 g/mol. The largest absolute Gasteiger partial charge is 0.398 e. The van der Waals surface area contributed by atoms with Crippen molar-refractivity contribution in [3.8, 4) is 0 Å². The van der Waals surface area contributed by atoms with Crippen LogP contribution in [0.15, 0.2) is 18.2 Å². The number of hydrogen-bond donors (Lipinski definition) is 1. The molecule has 4 nitrogen and oxygen atoms in total. The fourth-order valence-corrected chi connectivity index (χ4v) is 2.32. The van der Waals surface area contributed by atoms with Gasteiger partial charge in [0.05, 0.1) is 11.0 Å². The van der Waals surface area contributed by atoms with Gasteiger partial charge in [0, 0.05) is 17.7 Å². The number of rotatable bonds is 5. The number of benzene rings is 1. The molecule has 18 heavy (non-hydrogen) atoms. The predicted octanol–water partition coefficient (Wildman–Crippen LogP) is 1.80. The highest BCUT2D eigenvalue weighted by atomic mass is 32.2. The molecule has 1 aromatic carbocycles. The zero-order valence-corrected chi connectivity index (χ0v) is 11.1. The quantitative estimate of drug-likeness (QED) is 0.655. The van der Waals surface area contributed by atoms with Crippen LogP contribution < -0.4 is 5.73 Å². The molecule has 0 radical (unpaired) electrons. The Morgan fingerprint density at radius 3 is 2.56 bits per heavy atom. The third-order valence-electron chi connectivity index (χ3n) is 2.65. The summed E-state index contributed by atoms with van der Waals surface area (Å²) < 4.78 is 36.1. The number of anilines is 1. The fraction of sp³-hybridized carbons (Fsp3) is 0.417. The summed E-state index contributed by atoms with van der Waals surface area (Å²) in [5.74, 6) is -1.28. The molecule has 0 heterocycles. The molecule has 0 unspecified atom stereocenters. The molecule has 0 saturated heterocycles. The van der Waals surface area contributed by atoms with E-state index in [0.29, 0.717) is 0 Å². The number of nitrogen functional groups attached to an aromatic ring is 1. The van der Waals surface area contributed by atoms with Gasteiger partial charge >= 0.3 is 0 Å². The van der Waals surface area contributed by atoms with Gasteiger partial charge in [0.25, 0.3) is 0 Å². The Balaban J connectivity index is 2.81. The molecule has 0 fully saturated rings. The highest BCUT2D eigenvalue weighted by Gasteiger charge is 2.19. The normalized spacial score (nSPS) is 11.8. The lowest BCUT2D eigenvalue weighted by Gasteiger charge is -2.08. The van der Waals surface area contributed by atoms with E-state index in [9.17, 15) is 17.6 Å². The van der Waals surface area contributed by atoms with Crippen molar-refractivity contribution < 1.29 is 17.6 Å². The molecule has 1 aromatic rings. The first-order valence-corrected chi connectivity index (χ1v) is 7.25. The Bertz CT molecular complexity index is 552. The molecule has 0 saturated carbocycles. The molecule has 0 atom stereocenters. The molecule has 0 aromatic heterocycles. The number of hydrogen-bond acceptors (Lipinski definition) is 4. The summed E-state index contributed by atoms with van der Waals surface area (Å²) in [6.07, 6.45) is -0.186. The highest BCUT2D eigenvalue weighted by molar-refractivity contribution is 7.91. The molecule has 0 spiro atoms. The maximum absolute atomic E-state index is 13.0. The van der Waals surface area contributed by atoms with Crippen LogP contribution in [0, 0.1) is 5.82 Å². The van der Waals surface area contributed by atoms with Gasteiger partial charge < -0.3 is 5.73 Å². The van der Waals surface area contributed by atoms with E-state index >= 15 is 0 Å². The van der Waals surface area contributed by atoms with Crippen molar-refractivity contribution in [2.45, 2.75) is 25.5 Å². The Morgan fingerprint density at radius 1 is 1.39 bits per heavy atom. The van der Waals surface area contributed by atoms with Crippen LogP contribution in [0.2, 0.25) is 0 Å². The second-order valence-corrected chi connectivity index (χ2v) is 7.00. The van der Waals surface area contributed by atoms with E-state index in [1.165, 1.54) is 6.07 Å². The van der Waals surface area contributed by atoms with Crippen LogP contribution in [-0.2, 0) is 9.84 Å². The van der Waals surface area contributed by atoms with Crippen molar-refractivity contribution in [1.82, 2.24) is 0 Å². The summed E-state index contributed by atoms with van der Waals surface area (Å²) in [7, 11) is -3.28. The van der Waals surface area contributed by atoms with Crippen LogP contribution in [0.4, 0.5) is 10.1 Å². The smallest absolute Gasteiger partial charge is 0.166 e. The van der Waals surface area contributed by atoms with Crippen molar-refractivity contribution in [2.24, 2.45) is 0 Å². The first kappa shape index (κ1) is 14.6. The van der Waals surface area contributed by atoms with Crippen LogP contribution in [0.1, 0.15) is 30.6 Å². The molecular formula is C12H16FNO3S. The molecule has 0 amide bonds. The molecule has 100 valence electrons. The molecule has 0 aliphatic rings. The Morgan fingerprint density at radius 2 is 2.00 bits per heavy atom. The topological polar surface area (TPSA) is 77.2 Å². The second-order valence-electron chi connectivity index (χ2n) is 4.32. The minimum Gasteiger partial charge on any atom is -0.398 e. The van der Waals surface area contributed by atoms with Gasteiger partial charge in [-0.15, -0.1) is 0 Å². The maximum Gasteiger partial charge on any atom is 0.166 e. The van der Waals surface area contributed by atoms with Gasteiger partial charge in [-0.2, -0.15) is 0 Å². The molecule has 2 N–H and O–H groups in total. The molecular weight excluding hydrogens is 257 g/mol. The van der Waals surface area contributed by atoms with Gasteiger partial charge in [0.15, 0.2) is 15.6 Å². The summed E-state index contributed by atoms with van der Waals surface area (Å²) in [4.78, 5) is 11.8. The monoisotopic (exact) mass is 273 g/mol. The lowest BCUT2D eigenvalue weighted by atomic mass is 10.1. The standard InChI is InChI=1S/C12H16FNO3S/c1-8(2)18(16,17)6-5-12(15)10-7-9(13)3-4-11(10)14/h3-4,7-8H,5-6,14H2,1-2H3. The minimum absolute atomic E-state index is 0.0361. The van der Waals surface area contributed by atoms with E-state index in [-0.39, 0.29) is 23.4 Å². The number of Topliss-reactive ketones (excluding diaryl/α,β-unsaturated/α-hetero) is 1. The van der Waals surface area contributed by atoms with Crippen LogP contribution in [0.3, 0.4) is 0 Å². The number of carbonyl (C=O) groups excluding carboxylic acids is 1. The van der Waals surface area contributed by atoms with E-state index in [4.69, 9.17) is 5.73 Å². The van der Waals surface area contributed by atoms with Crippen LogP contribution in [0.5, 0.6) is 0 Å². The highest BCUT2D eigenvalue weighted by Crippen LogP contribution is 2.16. The zero-order chi connectivity index (χ0) is 13.9. The van der Waals surface area contributed by atoms with Crippen LogP contribution in [-0.4, -0.2) is 25.2 Å². The third kappa shape index (κ3) is 3.53. The molecule has 0 bridgehead atoms. The number of carbonyl (C=O) groups is 1. The van der Waals surface area contributed by atoms with Gasteiger partial charge in [0.1, 0.15) is 5.82 Å². The number of halogens is 1. The van der Waals surface area contributed by atoms with Crippen molar-refractivity contribution in [3.05, 3.63) is 29.6 Å². The fourth-order valence-electron chi connectivity index (χ4n) is 1.38. The average Bonchev–Trinajstić information content (AvgIpc) is 2.29. The molecule has 0 aliphatic carbocycles. The summed E-state index contributed by atoms with van der Waals surface area (Å²) in [6, 6.07) is 3.47. The summed E-state index contributed by atoms with van der Waals surface area (Å²) >= 11 is 0. The van der Waals surface area contributed by atoms with Gasteiger partial charge in [-0.05, 0) is 32.0 Å². The van der Waals surface area contributed by atoms with E-state index in [2.05, 4.69) is 0 Å². The van der Waals surface area contributed by atoms with E-state index in [0.717, 1.165) is 12.1 Å². The van der Waals surface area contributed by atoms with E-state index in [1.807, 2.05) is 0 Å². The zero-order valence-electron chi connectivity index (χ0n) is 10.3. The Hall–Kier alpha value is -1.43. The Kier molecular flexibility index (Phi) is 4.45. The van der Waals surface area contributed by atoms with Gasteiger partial charge in [-0.3, -0.25) is 4.79 Å². The van der Waals surface area contributed by atoms with Gasteiger partial charge in [0.2, 0.25) is 0 Å². The Labute approximate surface area is 106 Å². The number of sulfone groups is 1. The second kappa shape index (κ2) is 5.48. The SMILES string of the molecule is CC(C)S(=O)(=O)CCC(=O)c1cc(F)ccc1N. The van der Waals surface area contributed by atoms with Crippen molar-refractivity contribution in [2.75, 3.05) is 11.5 Å². The number of ketones is 1. The predicted molar refractivity (Wildman–Crippen MR) is 68.7 cm³/mol. The van der Waals surface area contributed by atoms with E-state index in [1.54, 1.807) is 13.8 Å². The molecule has 0 aliphatic heterocycles. The van der Waals surface area contributed by atoms with Crippen molar-refractivity contribution in [3.63, 3.8) is 0 Å². The van der Waals surface area contributed by atoms with Gasteiger partial charge in [-0.1, -0.05) is 0 Å². The van der Waals surface area contributed by atoms with Crippen LogP contribution in [0.25, 0.3) is 0 Å². The van der Waals surface area contributed by atoms with E-state index < -0.39 is 26.7 Å². The first-order chi connectivity index (χ1) is 8.24. The van der Waals surface area contributed by atoms with Crippen molar-refractivity contribution in [1.29, 1.82) is 0 Å². The molecule has 6 heteroatoms. The minimum atomic E-state index is -3.28. The van der Waals surface area contributed by atoms with Gasteiger partial charge in [-0.25, -0.2) is 12.8 Å². The summed E-state index contributed by atoms with van der Waals surface area (Å²) in [5.41, 5.74) is 5.74. The number of nitrogens with two attached hydrogens (primary N) is 1. The molecule has 1 rings (SSSR count). The summed E-state index contributed by atoms with van der Waals surface area (Å²) in [5, 5.41) is -0.532. The third-order valence-corrected chi connectivity index (χ3v) is 4.86. The van der Waals surface area contributed by atoms with Crippen molar-refractivity contribution >= 4 is 21.3 Å². The lowest BCUT2D eigenvalue weighted by molar-refractivity contribution is 0.0989. The first-order valence-electron chi connectivity index (χ1n) is 5.54. The maximum atomic E-state index is 13.0. The van der Waals surface area contributed by atoms with Crippen LogP contribution >= 0.6 is 0 Å².